The number of nitrogens with two attached hydrogens (primary N) is 1. The number of rotatable bonds is 3. The number of hydrogen-bond donors (Lipinski definition) is 2. The predicted octanol–water partition coefficient (Wildman–Crippen LogP) is 3.29. The summed E-state index contributed by atoms with van der Waals surface area (Å²) in [5.74, 6) is 5.76. The van der Waals surface area contributed by atoms with Crippen molar-refractivity contribution in [2.24, 2.45) is 0 Å². The topological polar surface area (TPSA) is 111 Å². The lowest BCUT2D eigenvalue weighted by atomic mass is 10.1. The first kappa shape index (κ1) is 20.3. The molecule has 4 aromatic rings. The van der Waals surface area contributed by atoms with Gasteiger partial charge in [-0.3, -0.25) is 0 Å². The van der Waals surface area contributed by atoms with Gasteiger partial charge in [0.05, 0.1) is 16.7 Å². The van der Waals surface area contributed by atoms with Crippen LogP contribution in [0.3, 0.4) is 0 Å². The van der Waals surface area contributed by atoms with Gasteiger partial charge in [-0.05, 0) is 48.4 Å². The number of sulfone groups is 1. The molecule has 31 heavy (non-hydrogen) atoms. The fourth-order valence-electron chi connectivity index (χ4n) is 2.84. The summed E-state index contributed by atoms with van der Waals surface area (Å²) < 4.78 is 37.1. The minimum atomic E-state index is -3.27. The Labute approximate surface area is 178 Å². The lowest BCUT2D eigenvalue weighted by Gasteiger charge is -2.08. The van der Waals surface area contributed by atoms with E-state index in [-0.39, 0.29) is 16.3 Å². The van der Waals surface area contributed by atoms with Crippen molar-refractivity contribution in [1.29, 1.82) is 0 Å². The number of halogens is 1. The van der Waals surface area contributed by atoms with Crippen LogP contribution in [0.1, 0.15) is 11.3 Å². The lowest BCUT2D eigenvalue weighted by Crippen LogP contribution is -1.98. The summed E-state index contributed by atoms with van der Waals surface area (Å²) in [6.07, 6.45) is 5.45. The van der Waals surface area contributed by atoms with Gasteiger partial charge in [-0.1, -0.05) is 5.92 Å². The molecule has 0 aliphatic carbocycles. The van der Waals surface area contributed by atoms with Gasteiger partial charge < -0.3 is 11.1 Å². The summed E-state index contributed by atoms with van der Waals surface area (Å²) >= 11 is 0. The van der Waals surface area contributed by atoms with Crippen LogP contribution in [0.4, 0.5) is 21.7 Å². The standard InChI is InChI=1S/C22H16FN5O2S/c1-31(29,30)17-5-3-16(4-6-17)28-22-11-18-15(12-27-22)8-9-25-20(18)7-2-14-10-21(24)26-13-19(14)23/h3-6,8-13H,1H3,(H2,24,26)(H,27,28). The van der Waals surface area contributed by atoms with E-state index in [9.17, 15) is 12.8 Å². The molecule has 154 valence electrons. The number of pyridine rings is 3. The summed E-state index contributed by atoms with van der Waals surface area (Å²) in [5, 5.41) is 4.66. The van der Waals surface area contributed by atoms with Crippen LogP contribution in [0, 0.1) is 17.7 Å². The highest BCUT2D eigenvalue weighted by Gasteiger charge is 2.08. The Hall–Kier alpha value is -4.03. The van der Waals surface area contributed by atoms with E-state index in [2.05, 4.69) is 32.1 Å². The van der Waals surface area contributed by atoms with Crippen LogP contribution in [-0.4, -0.2) is 29.6 Å². The number of hydrogen-bond acceptors (Lipinski definition) is 7. The minimum Gasteiger partial charge on any atom is -0.384 e. The molecule has 0 saturated heterocycles. The molecule has 0 atom stereocenters. The predicted molar refractivity (Wildman–Crippen MR) is 117 cm³/mol. The molecule has 0 aliphatic heterocycles. The van der Waals surface area contributed by atoms with Gasteiger partial charge in [0.2, 0.25) is 0 Å². The quantitative estimate of drug-likeness (QED) is 0.477. The smallest absolute Gasteiger partial charge is 0.175 e. The Balaban J connectivity index is 1.68. The summed E-state index contributed by atoms with van der Waals surface area (Å²) in [6, 6.07) is 11.3. The Bertz CT molecular complexity index is 1460. The number of benzene rings is 1. The van der Waals surface area contributed by atoms with Crippen LogP contribution < -0.4 is 11.1 Å². The molecule has 0 bridgehead atoms. The van der Waals surface area contributed by atoms with E-state index in [1.54, 1.807) is 36.7 Å². The molecule has 4 rings (SSSR count). The second-order valence-corrected chi connectivity index (χ2v) is 8.73. The third-order valence-electron chi connectivity index (χ3n) is 4.39. The van der Waals surface area contributed by atoms with Crippen molar-refractivity contribution in [2.45, 2.75) is 4.90 Å². The third kappa shape index (κ3) is 4.60. The molecule has 1 aromatic carbocycles. The number of anilines is 3. The zero-order chi connectivity index (χ0) is 22.0. The van der Waals surface area contributed by atoms with E-state index in [4.69, 9.17) is 5.73 Å². The van der Waals surface area contributed by atoms with Gasteiger partial charge in [-0.25, -0.2) is 27.8 Å². The highest BCUT2D eigenvalue weighted by Crippen LogP contribution is 2.22. The van der Waals surface area contributed by atoms with Gasteiger partial charge in [0, 0.05) is 35.1 Å². The second kappa shape index (κ2) is 8.01. The molecule has 9 heteroatoms. The molecule has 3 N–H and O–H groups in total. The fraction of sp³-hybridized carbons (Fsp3) is 0.0455. The van der Waals surface area contributed by atoms with Crippen molar-refractivity contribution in [1.82, 2.24) is 15.0 Å². The molecule has 0 aliphatic rings. The van der Waals surface area contributed by atoms with Gasteiger partial charge in [-0.2, -0.15) is 0 Å². The average Bonchev–Trinajstić information content (AvgIpc) is 2.74. The van der Waals surface area contributed by atoms with Crippen LogP contribution in [0.25, 0.3) is 10.8 Å². The number of nitrogens with zero attached hydrogens (tertiary/aromatic N) is 3. The van der Waals surface area contributed by atoms with E-state index >= 15 is 0 Å². The summed E-state index contributed by atoms with van der Waals surface area (Å²) in [4.78, 5) is 12.6. The summed E-state index contributed by atoms with van der Waals surface area (Å²) in [5.41, 5.74) is 6.85. The number of aromatic nitrogens is 3. The van der Waals surface area contributed by atoms with Crippen LogP contribution >= 0.6 is 0 Å². The molecule has 0 unspecified atom stereocenters. The van der Waals surface area contributed by atoms with E-state index in [1.165, 1.54) is 18.2 Å². The number of fused-ring (bicyclic) bond motifs is 1. The van der Waals surface area contributed by atoms with Crippen molar-refractivity contribution in [3.8, 4) is 11.8 Å². The highest BCUT2D eigenvalue weighted by molar-refractivity contribution is 7.90. The summed E-state index contributed by atoms with van der Waals surface area (Å²) in [6.45, 7) is 0. The van der Waals surface area contributed by atoms with Crippen LogP contribution in [0.5, 0.6) is 0 Å². The number of nitrogens with one attached hydrogen (secondary N) is 1. The molecular formula is C22H16FN5O2S. The monoisotopic (exact) mass is 433 g/mol. The first-order valence-corrected chi connectivity index (χ1v) is 10.9. The first-order valence-electron chi connectivity index (χ1n) is 9.04. The Morgan fingerprint density at radius 1 is 1.00 bits per heavy atom. The Morgan fingerprint density at radius 2 is 1.77 bits per heavy atom. The maximum absolute atomic E-state index is 13.9. The highest BCUT2D eigenvalue weighted by atomic mass is 32.2. The minimum absolute atomic E-state index is 0.129. The fourth-order valence-corrected chi connectivity index (χ4v) is 3.47. The molecule has 3 heterocycles. The van der Waals surface area contributed by atoms with Crippen molar-refractivity contribution in [3.05, 3.63) is 78.1 Å². The van der Waals surface area contributed by atoms with Gasteiger partial charge in [0.1, 0.15) is 17.3 Å². The normalized spacial score (nSPS) is 11.0. The van der Waals surface area contributed by atoms with Gasteiger partial charge >= 0.3 is 0 Å². The first-order chi connectivity index (χ1) is 14.8. The van der Waals surface area contributed by atoms with E-state index in [1.807, 2.05) is 0 Å². The molecule has 3 aromatic heterocycles. The molecule has 0 amide bonds. The maximum Gasteiger partial charge on any atom is 0.175 e. The van der Waals surface area contributed by atoms with E-state index < -0.39 is 15.7 Å². The molecule has 0 fully saturated rings. The molecular weight excluding hydrogens is 417 g/mol. The molecule has 0 saturated carbocycles. The van der Waals surface area contributed by atoms with Crippen molar-refractivity contribution in [3.63, 3.8) is 0 Å². The SMILES string of the molecule is CS(=O)(=O)c1ccc(Nc2cc3c(C#Cc4cc(N)ncc4F)nccc3cn2)cc1. The molecule has 7 nitrogen and oxygen atoms in total. The average molecular weight is 433 g/mol. The zero-order valence-electron chi connectivity index (χ0n) is 16.3. The van der Waals surface area contributed by atoms with Crippen LogP contribution in [0.2, 0.25) is 0 Å². The van der Waals surface area contributed by atoms with Crippen LogP contribution in [-0.2, 0) is 9.84 Å². The van der Waals surface area contributed by atoms with E-state index in [0.29, 0.717) is 17.2 Å². The third-order valence-corrected chi connectivity index (χ3v) is 5.52. The van der Waals surface area contributed by atoms with Gasteiger partial charge in [0.25, 0.3) is 0 Å². The van der Waals surface area contributed by atoms with E-state index in [0.717, 1.165) is 23.2 Å². The Morgan fingerprint density at radius 3 is 2.52 bits per heavy atom. The molecule has 0 radical (unpaired) electrons. The van der Waals surface area contributed by atoms with Crippen LogP contribution in [0.15, 0.2) is 66.0 Å². The van der Waals surface area contributed by atoms with Crippen molar-refractivity contribution >= 4 is 37.9 Å². The van der Waals surface area contributed by atoms with Gasteiger partial charge in [0.15, 0.2) is 15.7 Å². The molecule has 0 spiro atoms. The summed E-state index contributed by atoms with van der Waals surface area (Å²) in [7, 11) is -3.27. The second-order valence-electron chi connectivity index (χ2n) is 6.71. The van der Waals surface area contributed by atoms with Crippen molar-refractivity contribution < 1.29 is 12.8 Å². The number of nitrogen functional groups attached to an aromatic ring is 1. The Kier molecular flexibility index (Phi) is 5.23. The zero-order valence-corrected chi connectivity index (χ0v) is 17.1. The maximum atomic E-state index is 13.9. The lowest BCUT2D eigenvalue weighted by molar-refractivity contribution is 0.602. The van der Waals surface area contributed by atoms with Crippen molar-refractivity contribution in [2.75, 3.05) is 17.3 Å². The largest absolute Gasteiger partial charge is 0.384 e. The van der Waals surface area contributed by atoms with Gasteiger partial charge in [-0.15, -0.1) is 0 Å².